The van der Waals surface area contributed by atoms with E-state index in [0.29, 0.717) is 6.54 Å². The summed E-state index contributed by atoms with van der Waals surface area (Å²) in [4.78, 5) is 0. The van der Waals surface area contributed by atoms with Gasteiger partial charge in [0.1, 0.15) is 70.4 Å². The van der Waals surface area contributed by atoms with Crippen molar-refractivity contribution in [3.05, 3.63) is 170 Å². The Labute approximate surface area is 350 Å². The predicted molar refractivity (Wildman–Crippen MR) is 186 cm³/mol. The lowest BCUT2D eigenvalue weighted by Crippen LogP contribution is -2.81. The van der Waals surface area contributed by atoms with Crippen LogP contribution < -0.4 is 26.4 Å². The van der Waals surface area contributed by atoms with E-state index < -0.39 is 144 Å². The normalized spacial score (nSPS) is 11.4. The minimum absolute atomic E-state index is 0.170. The van der Waals surface area contributed by atoms with Gasteiger partial charge in [0.05, 0.1) is 0 Å². The molecule has 0 spiro atoms. The van der Waals surface area contributed by atoms with Crippen LogP contribution in [0.25, 0.3) is 10.8 Å². The summed E-state index contributed by atoms with van der Waals surface area (Å²) in [5, 5.41) is 20.4. The number of nitrogens with zero attached hydrogens (tertiary/aromatic N) is 3. The highest BCUT2D eigenvalue weighted by Crippen LogP contribution is 2.31. The minimum Gasteiger partial charge on any atom is -0.207 e. The Bertz CT molecular complexity index is 2690. The van der Waals surface area contributed by atoms with Crippen LogP contribution in [-0.2, 0) is 6.54 Å². The second kappa shape index (κ2) is 18.2. The van der Waals surface area contributed by atoms with Gasteiger partial charge in [-0.1, -0.05) is 32.0 Å². The van der Waals surface area contributed by atoms with Gasteiger partial charge in [0, 0.05) is 17.0 Å². The molecule has 0 aliphatic heterocycles. The summed E-state index contributed by atoms with van der Waals surface area (Å²) in [5.74, 6) is -71.2. The van der Waals surface area contributed by atoms with Crippen molar-refractivity contribution in [1.29, 1.82) is 10.5 Å². The van der Waals surface area contributed by atoms with Crippen LogP contribution >= 0.6 is 0 Å². The molecule has 0 unspecified atom stereocenters. The Kier molecular flexibility index (Phi) is 13.7. The molecule has 1 aromatic heterocycles. The SMILES string of the molecule is CC(C)C(C[n+]1ccc2ccccc2c1)=C(C#N)C#N.Fc1c(F)c(F)c([B-](c2c(F)c(F)c(F)c(F)c2F)(c2c(F)c(F)c(F)c(F)c2F)c2c(F)c(F)c(F)c(F)c2F)c(F)c1F. The first-order chi connectivity index (χ1) is 30.4. The van der Waals surface area contributed by atoms with Crippen molar-refractivity contribution in [3.63, 3.8) is 0 Å². The van der Waals surface area contributed by atoms with Gasteiger partial charge in [-0.05, 0) is 17.4 Å². The summed E-state index contributed by atoms with van der Waals surface area (Å²) in [5.41, 5.74) is -13.2. The lowest BCUT2D eigenvalue weighted by atomic mass is 9.12. The number of pyridine rings is 1. The molecule has 0 amide bonds. The highest BCUT2D eigenvalue weighted by Gasteiger charge is 2.52. The molecule has 0 saturated heterocycles. The van der Waals surface area contributed by atoms with Crippen LogP contribution in [0.3, 0.4) is 0 Å². The van der Waals surface area contributed by atoms with Gasteiger partial charge in [-0.25, -0.2) is 92.4 Å². The topological polar surface area (TPSA) is 51.5 Å². The van der Waals surface area contributed by atoms with Crippen molar-refractivity contribution < 1.29 is 92.4 Å². The van der Waals surface area contributed by atoms with E-state index >= 15 is 35.1 Å². The Morgan fingerprint density at radius 3 is 0.954 bits per heavy atom. The van der Waals surface area contributed by atoms with Gasteiger partial charge >= 0.3 is 0 Å². The zero-order valence-corrected chi connectivity index (χ0v) is 31.8. The summed E-state index contributed by atoms with van der Waals surface area (Å²) in [6.45, 7) is 4.58. The summed E-state index contributed by atoms with van der Waals surface area (Å²) in [6, 6.07) is 14.2. The maximum atomic E-state index is 15.4. The first kappa shape index (κ1) is 48.9. The zero-order valence-electron chi connectivity index (χ0n) is 31.8. The summed E-state index contributed by atoms with van der Waals surface area (Å²) in [6.07, 6.45) is -3.19. The molecule has 3 nitrogen and oxygen atoms in total. The molecule has 6 rings (SSSR count). The number of allylic oxidation sites excluding steroid dienone is 2. The molecule has 0 radical (unpaired) electrons. The molecule has 0 N–H and O–H groups in total. The van der Waals surface area contributed by atoms with E-state index in [1.54, 1.807) is 0 Å². The largest absolute Gasteiger partial charge is 0.207 e. The Balaban J connectivity index is 0.000000330. The van der Waals surface area contributed by atoms with Gasteiger partial charge in [-0.3, -0.25) is 0 Å². The van der Waals surface area contributed by atoms with Crippen molar-refractivity contribution >= 4 is 38.8 Å². The highest BCUT2D eigenvalue weighted by atomic mass is 19.2. The summed E-state index contributed by atoms with van der Waals surface area (Å²) >= 11 is 0. The second-order valence-electron chi connectivity index (χ2n) is 13.8. The molecule has 338 valence electrons. The number of benzene rings is 5. The maximum absolute atomic E-state index is 15.4. The maximum Gasteiger partial charge on any atom is 0.200 e. The predicted octanol–water partition coefficient (Wildman–Crippen LogP) is 8.97. The number of nitriles is 2. The standard InChI is InChI=1S/C24BF20.C17H16N3/c26-5-1(6(27)14(35)21(42)13(5)34)25(2-7(28)15(36)22(43)16(37)8(2)29,3-9(30)17(38)23(44)18(39)10(3)31)4-11(32)19(40)24(45)20(41)12(4)33;1-13(2)17(16(9-18)10-19)12-20-8-7-14-5-3-4-6-15(14)11-20/h;3-8,11,13H,12H2,1-2H3/q-1;+1. The molecule has 24 heteroatoms. The second-order valence-corrected chi connectivity index (χ2v) is 13.8. The molecule has 5 aromatic carbocycles. The van der Waals surface area contributed by atoms with Crippen LogP contribution in [0.1, 0.15) is 13.8 Å². The fraction of sp³-hybridized carbons (Fsp3) is 0.0976. The summed E-state index contributed by atoms with van der Waals surface area (Å²) < 4.78 is 296. The third-order valence-electron chi connectivity index (χ3n) is 10.0. The Morgan fingerprint density at radius 1 is 0.431 bits per heavy atom. The molecule has 0 atom stereocenters. The van der Waals surface area contributed by atoms with E-state index in [2.05, 4.69) is 12.1 Å². The Hall–Kier alpha value is -7.11. The minimum atomic E-state index is -7.22. The number of halogens is 20. The lowest BCUT2D eigenvalue weighted by Gasteiger charge is -2.44. The molecule has 0 saturated carbocycles. The van der Waals surface area contributed by atoms with E-state index in [4.69, 9.17) is 10.5 Å². The molecule has 0 bridgehead atoms. The zero-order chi connectivity index (χ0) is 48.9. The van der Waals surface area contributed by atoms with Crippen LogP contribution in [-0.4, -0.2) is 6.15 Å². The van der Waals surface area contributed by atoms with Gasteiger partial charge in [0.25, 0.3) is 0 Å². The fourth-order valence-electron chi connectivity index (χ4n) is 7.07. The van der Waals surface area contributed by atoms with Crippen LogP contribution in [0.2, 0.25) is 0 Å². The van der Waals surface area contributed by atoms with Gasteiger partial charge in [0.15, 0.2) is 88.7 Å². The van der Waals surface area contributed by atoms with E-state index in [-0.39, 0.29) is 11.5 Å². The number of hydrogen-bond donors (Lipinski definition) is 0. The Morgan fingerprint density at radius 2 is 0.692 bits per heavy atom. The van der Waals surface area contributed by atoms with E-state index in [1.165, 1.54) is 5.39 Å². The molecular weight excluding hydrogens is 925 g/mol. The fourth-order valence-corrected chi connectivity index (χ4v) is 7.07. The third kappa shape index (κ3) is 7.73. The average Bonchev–Trinajstić information content (AvgIpc) is 3.29. The van der Waals surface area contributed by atoms with Crippen LogP contribution in [0.15, 0.2) is 53.9 Å². The van der Waals surface area contributed by atoms with Gasteiger partial charge in [-0.15, -0.1) is 21.9 Å². The number of hydrogen-bond acceptors (Lipinski definition) is 2. The molecule has 0 aliphatic rings. The molecule has 0 fully saturated rings. The van der Waals surface area contributed by atoms with Gasteiger partial charge in [-0.2, -0.15) is 10.5 Å². The number of fused-ring (bicyclic) bond motifs is 1. The van der Waals surface area contributed by atoms with Crippen molar-refractivity contribution in [1.82, 2.24) is 0 Å². The average molecular weight is 941 g/mol. The van der Waals surface area contributed by atoms with Crippen molar-refractivity contribution in [3.8, 4) is 12.1 Å². The van der Waals surface area contributed by atoms with Crippen LogP contribution in [0.4, 0.5) is 87.8 Å². The van der Waals surface area contributed by atoms with Crippen LogP contribution in [0.5, 0.6) is 0 Å². The van der Waals surface area contributed by atoms with Crippen molar-refractivity contribution in [2.45, 2.75) is 20.4 Å². The van der Waals surface area contributed by atoms with Gasteiger partial charge in [0.2, 0.25) is 0 Å². The molecule has 0 aliphatic carbocycles. The number of rotatable bonds is 7. The monoisotopic (exact) mass is 941 g/mol. The van der Waals surface area contributed by atoms with E-state index in [0.717, 1.165) is 11.0 Å². The van der Waals surface area contributed by atoms with Crippen molar-refractivity contribution in [2.24, 2.45) is 5.92 Å². The van der Waals surface area contributed by atoms with Crippen molar-refractivity contribution in [2.75, 3.05) is 0 Å². The summed E-state index contributed by atoms with van der Waals surface area (Å²) in [7, 11) is 0. The smallest absolute Gasteiger partial charge is 0.200 e. The molecular formula is C41H16BF20N3. The lowest BCUT2D eigenvalue weighted by molar-refractivity contribution is -0.688. The first-order valence-electron chi connectivity index (χ1n) is 17.5. The van der Waals surface area contributed by atoms with Gasteiger partial charge < -0.3 is 0 Å². The first-order valence-corrected chi connectivity index (χ1v) is 17.5. The number of aromatic nitrogens is 1. The van der Waals surface area contributed by atoms with E-state index in [1.807, 2.05) is 61.1 Å². The van der Waals surface area contributed by atoms with E-state index in [9.17, 15) is 52.7 Å². The highest BCUT2D eigenvalue weighted by molar-refractivity contribution is 7.20. The third-order valence-corrected chi connectivity index (χ3v) is 10.0. The van der Waals surface area contributed by atoms with Crippen LogP contribution in [0, 0.1) is 145 Å². The quantitative estimate of drug-likeness (QED) is 0.0401. The molecule has 6 aromatic rings. The molecule has 65 heavy (non-hydrogen) atoms. The molecule has 1 heterocycles.